The molecule has 0 amide bonds. The molecule has 2 aliphatic heterocycles. The fourth-order valence-electron chi connectivity index (χ4n) is 4.47. The molecule has 120 valence electrons. The number of hydrogen-bond donors (Lipinski definition) is 1. The first-order chi connectivity index (χ1) is 11.2. The minimum atomic E-state index is -0.639. The molecule has 0 spiro atoms. The quantitative estimate of drug-likeness (QED) is 0.942. The Morgan fingerprint density at radius 1 is 1.00 bits per heavy atom. The average Bonchev–Trinajstić information content (AvgIpc) is 2.85. The van der Waals surface area contributed by atoms with Crippen LogP contribution in [0.5, 0.6) is 0 Å². The molecule has 3 nitrogen and oxygen atoms in total. The Kier molecular flexibility index (Phi) is 3.92. The second kappa shape index (κ2) is 6.06. The number of hydrogen-bond acceptors (Lipinski definition) is 3. The molecule has 1 N–H and O–H groups in total. The third kappa shape index (κ3) is 2.91. The van der Waals surface area contributed by atoms with E-state index >= 15 is 0 Å². The fraction of sp³-hybridized carbons (Fsp3) is 0.450. The van der Waals surface area contributed by atoms with E-state index in [-0.39, 0.29) is 0 Å². The zero-order chi connectivity index (χ0) is 15.7. The Balaban J connectivity index is 1.46. The highest BCUT2D eigenvalue weighted by Gasteiger charge is 2.47. The zero-order valence-corrected chi connectivity index (χ0v) is 13.4. The van der Waals surface area contributed by atoms with Gasteiger partial charge in [-0.3, -0.25) is 9.88 Å². The first-order valence-electron chi connectivity index (χ1n) is 8.67. The summed E-state index contributed by atoms with van der Waals surface area (Å²) in [7, 11) is 0. The number of benzene rings is 1. The molecule has 2 aliphatic rings. The molecule has 1 unspecified atom stereocenters. The summed E-state index contributed by atoms with van der Waals surface area (Å²) in [5, 5.41) is 11.2. The molecule has 1 aromatic carbocycles. The van der Waals surface area contributed by atoms with Gasteiger partial charge in [0, 0.05) is 31.0 Å². The van der Waals surface area contributed by atoms with Crippen LogP contribution >= 0.6 is 0 Å². The van der Waals surface area contributed by atoms with Crippen molar-refractivity contribution in [3.8, 4) is 0 Å². The molecule has 0 aliphatic carbocycles. The zero-order valence-electron chi connectivity index (χ0n) is 13.4. The second-order valence-corrected chi connectivity index (χ2v) is 7.03. The number of piperidine rings is 1. The van der Waals surface area contributed by atoms with Crippen LogP contribution in [0.2, 0.25) is 0 Å². The number of nitrogens with zero attached hydrogens (tertiary/aromatic N) is 2. The topological polar surface area (TPSA) is 36.4 Å². The van der Waals surface area contributed by atoms with Crippen LogP contribution in [0, 0.1) is 0 Å². The standard InChI is InChI=1S/C20H24N2O/c23-20(17-4-2-1-3-5-17)14-18-6-7-19(15-20)22(18)13-10-16-8-11-21-12-9-16/h1-5,8-9,11-12,18-19,23H,6-7,10,13-15H2/t18-,19+,20?. The van der Waals surface area contributed by atoms with Gasteiger partial charge >= 0.3 is 0 Å². The highest BCUT2D eigenvalue weighted by molar-refractivity contribution is 5.25. The molecule has 2 saturated heterocycles. The van der Waals surface area contributed by atoms with E-state index in [1.807, 2.05) is 30.6 Å². The van der Waals surface area contributed by atoms with Gasteiger partial charge in [-0.2, -0.15) is 0 Å². The van der Waals surface area contributed by atoms with E-state index in [2.05, 4.69) is 34.1 Å². The average molecular weight is 308 g/mol. The van der Waals surface area contributed by atoms with Crippen molar-refractivity contribution >= 4 is 0 Å². The lowest BCUT2D eigenvalue weighted by molar-refractivity contribution is -0.0564. The summed E-state index contributed by atoms with van der Waals surface area (Å²) in [5.41, 5.74) is 1.80. The molecular weight excluding hydrogens is 284 g/mol. The molecule has 23 heavy (non-hydrogen) atoms. The van der Waals surface area contributed by atoms with Gasteiger partial charge in [0.05, 0.1) is 5.60 Å². The lowest BCUT2D eigenvalue weighted by Crippen LogP contribution is -2.50. The third-order valence-electron chi connectivity index (χ3n) is 5.64. The maximum absolute atomic E-state index is 11.2. The summed E-state index contributed by atoms with van der Waals surface area (Å²) in [6.45, 7) is 1.09. The number of fused-ring (bicyclic) bond motifs is 2. The van der Waals surface area contributed by atoms with Gasteiger partial charge in [-0.05, 0) is 55.4 Å². The Labute approximate surface area is 138 Å². The van der Waals surface area contributed by atoms with Crippen LogP contribution in [0.3, 0.4) is 0 Å². The smallest absolute Gasteiger partial charge is 0.0926 e. The monoisotopic (exact) mass is 308 g/mol. The van der Waals surface area contributed by atoms with Crippen molar-refractivity contribution in [3.63, 3.8) is 0 Å². The predicted molar refractivity (Wildman–Crippen MR) is 91.0 cm³/mol. The van der Waals surface area contributed by atoms with Crippen molar-refractivity contribution in [3.05, 3.63) is 66.0 Å². The number of aromatic nitrogens is 1. The predicted octanol–water partition coefficient (Wildman–Crippen LogP) is 3.14. The summed E-state index contributed by atoms with van der Waals surface area (Å²) >= 11 is 0. The minimum absolute atomic E-state index is 0.515. The Hall–Kier alpha value is -1.71. The molecular formula is C20H24N2O. The largest absolute Gasteiger partial charge is 0.385 e. The molecule has 1 aromatic heterocycles. The van der Waals surface area contributed by atoms with Crippen molar-refractivity contribution in [2.45, 2.75) is 49.8 Å². The van der Waals surface area contributed by atoms with Crippen molar-refractivity contribution in [2.24, 2.45) is 0 Å². The van der Waals surface area contributed by atoms with Gasteiger partial charge in [0.25, 0.3) is 0 Å². The van der Waals surface area contributed by atoms with Crippen molar-refractivity contribution in [1.82, 2.24) is 9.88 Å². The van der Waals surface area contributed by atoms with Gasteiger partial charge in [0.1, 0.15) is 0 Å². The summed E-state index contributed by atoms with van der Waals surface area (Å²) in [6.07, 6.45) is 8.97. The lowest BCUT2D eigenvalue weighted by atomic mass is 9.80. The van der Waals surface area contributed by atoms with Crippen LogP contribution in [-0.4, -0.2) is 33.6 Å². The van der Waals surface area contributed by atoms with E-state index in [4.69, 9.17) is 0 Å². The molecule has 2 bridgehead atoms. The van der Waals surface area contributed by atoms with Crippen LogP contribution in [0.1, 0.15) is 36.8 Å². The molecule has 3 atom stereocenters. The summed E-state index contributed by atoms with van der Waals surface area (Å²) in [4.78, 5) is 6.73. The maximum atomic E-state index is 11.2. The van der Waals surface area contributed by atoms with Crippen molar-refractivity contribution < 1.29 is 5.11 Å². The van der Waals surface area contributed by atoms with Gasteiger partial charge in [-0.1, -0.05) is 30.3 Å². The molecule has 2 aromatic rings. The third-order valence-corrected chi connectivity index (χ3v) is 5.64. The summed E-state index contributed by atoms with van der Waals surface area (Å²) in [6, 6.07) is 15.5. The van der Waals surface area contributed by atoms with Crippen molar-refractivity contribution in [2.75, 3.05) is 6.54 Å². The van der Waals surface area contributed by atoms with E-state index in [9.17, 15) is 5.11 Å². The van der Waals surface area contributed by atoms with E-state index in [1.54, 1.807) is 0 Å². The second-order valence-electron chi connectivity index (χ2n) is 7.03. The van der Waals surface area contributed by atoms with Gasteiger partial charge < -0.3 is 5.11 Å². The van der Waals surface area contributed by atoms with Crippen LogP contribution in [0.4, 0.5) is 0 Å². The molecule has 3 heteroatoms. The fourth-order valence-corrected chi connectivity index (χ4v) is 4.47. The molecule has 0 radical (unpaired) electrons. The normalized spacial score (nSPS) is 30.5. The van der Waals surface area contributed by atoms with Crippen LogP contribution < -0.4 is 0 Å². The van der Waals surface area contributed by atoms with Gasteiger partial charge in [0.15, 0.2) is 0 Å². The molecule has 3 heterocycles. The van der Waals surface area contributed by atoms with E-state index in [0.717, 1.165) is 31.4 Å². The lowest BCUT2D eigenvalue weighted by Gasteiger charge is -2.44. The van der Waals surface area contributed by atoms with Crippen LogP contribution in [0.25, 0.3) is 0 Å². The van der Waals surface area contributed by atoms with E-state index < -0.39 is 5.60 Å². The van der Waals surface area contributed by atoms with E-state index in [0.29, 0.717) is 12.1 Å². The first-order valence-corrected chi connectivity index (χ1v) is 8.67. The Bertz CT molecular complexity index is 629. The molecule has 4 rings (SSSR count). The highest BCUT2D eigenvalue weighted by atomic mass is 16.3. The summed E-state index contributed by atoms with van der Waals surface area (Å²) in [5.74, 6) is 0. The van der Waals surface area contributed by atoms with Gasteiger partial charge in [-0.15, -0.1) is 0 Å². The highest BCUT2D eigenvalue weighted by Crippen LogP contribution is 2.45. The van der Waals surface area contributed by atoms with Gasteiger partial charge in [-0.25, -0.2) is 0 Å². The van der Waals surface area contributed by atoms with E-state index in [1.165, 1.54) is 18.4 Å². The number of aliphatic hydroxyl groups is 1. The maximum Gasteiger partial charge on any atom is 0.0926 e. The number of pyridine rings is 1. The molecule has 0 saturated carbocycles. The van der Waals surface area contributed by atoms with Crippen LogP contribution in [0.15, 0.2) is 54.9 Å². The first kappa shape index (κ1) is 14.9. The Morgan fingerprint density at radius 2 is 1.65 bits per heavy atom. The van der Waals surface area contributed by atoms with Crippen molar-refractivity contribution in [1.29, 1.82) is 0 Å². The SMILES string of the molecule is OC1(c2ccccc2)C[C@H]2CC[C@@H](C1)N2CCc1ccncc1. The minimum Gasteiger partial charge on any atom is -0.385 e. The molecule has 2 fully saturated rings. The van der Waals surface area contributed by atoms with Gasteiger partial charge in [0.2, 0.25) is 0 Å². The number of rotatable bonds is 4. The van der Waals surface area contributed by atoms with Crippen LogP contribution in [-0.2, 0) is 12.0 Å². The Morgan fingerprint density at radius 3 is 2.30 bits per heavy atom. The summed E-state index contributed by atoms with van der Waals surface area (Å²) < 4.78 is 0.